The van der Waals surface area contributed by atoms with Crippen molar-refractivity contribution in [3.05, 3.63) is 97.2 Å². The number of hydrogen-bond acceptors (Lipinski definition) is 6. The van der Waals surface area contributed by atoms with E-state index in [9.17, 15) is 14.4 Å². The summed E-state index contributed by atoms with van der Waals surface area (Å²) >= 11 is 0. The molecule has 0 bridgehead atoms. The first-order chi connectivity index (χ1) is 29.5. The molecule has 6 heteroatoms. The summed E-state index contributed by atoms with van der Waals surface area (Å²) in [6.45, 7) is 6.29. The second-order valence-electron chi connectivity index (χ2n) is 15.7. The highest BCUT2D eigenvalue weighted by Gasteiger charge is 2.19. The van der Waals surface area contributed by atoms with Crippen LogP contribution in [0.2, 0.25) is 0 Å². The average Bonchev–Trinajstić information content (AvgIpc) is 3.24. The molecule has 0 aliphatic heterocycles. The van der Waals surface area contributed by atoms with E-state index < -0.39 is 6.10 Å². The van der Waals surface area contributed by atoms with Crippen LogP contribution in [0.5, 0.6) is 0 Å². The Hall–Kier alpha value is -3.67. The van der Waals surface area contributed by atoms with Crippen molar-refractivity contribution < 1.29 is 28.6 Å². The van der Waals surface area contributed by atoms with Crippen molar-refractivity contribution in [3.63, 3.8) is 0 Å². The molecule has 0 spiro atoms. The standard InChI is InChI=1S/C54H88O6/c1-4-7-10-13-16-19-22-25-27-30-32-35-38-41-44-47-53(56)59-50-51(49-58-52(55)46-43-40-37-34-31-28-24-21-18-15-12-9-6-3)60-54(57)48-45-42-39-36-33-29-26-23-20-17-14-11-8-5-2/h8-9,11-12,15-22,24-25,28,31,51H,4-7,10,13-14,23,26-27,29-30,32-50H2,1-3H3/b11-8+,12-9+,18-15+,19-16+,20-17+,24-21+,25-22+,31-28+. The van der Waals surface area contributed by atoms with E-state index in [4.69, 9.17) is 14.2 Å². The van der Waals surface area contributed by atoms with E-state index in [2.05, 4.69) is 81.5 Å². The highest BCUT2D eigenvalue weighted by atomic mass is 16.6. The highest BCUT2D eigenvalue weighted by molar-refractivity contribution is 5.71. The van der Waals surface area contributed by atoms with Gasteiger partial charge in [-0.2, -0.15) is 0 Å². The number of unbranched alkanes of at least 4 members (excludes halogenated alkanes) is 19. The lowest BCUT2D eigenvalue weighted by Crippen LogP contribution is -2.30. The highest BCUT2D eigenvalue weighted by Crippen LogP contribution is 2.13. The molecule has 0 radical (unpaired) electrons. The van der Waals surface area contributed by atoms with Gasteiger partial charge in [0.15, 0.2) is 6.10 Å². The summed E-state index contributed by atoms with van der Waals surface area (Å²) in [7, 11) is 0. The van der Waals surface area contributed by atoms with E-state index in [1.165, 1.54) is 70.6 Å². The zero-order valence-corrected chi connectivity index (χ0v) is 38.7. The predicted octanol–water partition coefficient (Wildman–Crippen LogP) is 15.8. The van der Waals surface area contributed by atoms with Crippen LogP contribution >= 0.6 is 0 Å². The van der Waals surface area contributed by atoms with Gasteiger partial charge < -0.3 is 14.2 Å². The fraction of sp³-hybridized carbons (Fsp3) is 0.648. The zero-order valence-electron chi connectivity index (χ0n) is 38.7. The summed E-state index contributed by atoms with van der Waals surface area (Å²) in [4.78, 5) is 37.9. The second-order valence-corrected chi connectivity index (χ2v) is 15.7. The fourth-order valence-electron chi connectivity index (χ4n) is 6.30. The Labute approximate surface area is 368 Å². The Morgan fingerprint density at radius 2 is 0.733 bits per heavy atom. The molecular formula is C54H88O6. The molecule has 0 aromatic carbocycles. The van der Waals surface area contributed by atoms with Gasteiger partial charge in [-0.05, 0) is 89.9 Å². The lowest BCUT2D eigenvalue weighted by atomic mass is 10.1. The molecule has 0 N–H and O–H groups in total. The smallest absolute Gasteiger partial charge is 0.306 e. The molecule has 0 amide bonds. The van der Waals surface area contributed by atoms with E-state index >= 15 is 0 Å². The number of allylic oxidation sites excluding steroid dienone is 16. The normalized spacial score (nSPS) is 12.9. The molecule has 0 fully saturated rings. The van der Waals surface area contributed by atoms with Crippen LogP contribution in [0.15, 0.2) is 97.2 Å². The van der Waals surface area contributed by atoms with Crippen molar-refractivity contribution in [2.45, 2.75) is 213 Å². The van der Waals surface area contributed by atoms with Gasteiger partial charge in [0.1, 0.15) is 13.2 Å². The molecule has 6 nitrogen and oxygen atoms in total. The topological polar surface area (TPSA) is 78.9 Å². The number of esters is 3. The number of ether oxygens (including phenoxy) is 3. The van der Waals surface area contributed by atoms with E-state index in [-0.39, 0.29) is 31.1 Å². The number of carbonyl (C=O) groups is 3. The van der Waals surface area contributed by atoms with Crippen LogP contribution in [-0.2, 0) is 28.6 Å². The summed E-state index contributed by atoms with van der Waals surface area (Å²) in [5.74, 6) is -0.967. The zero-order chi connectivity index (χ0) is 43.7. The maximum absolute atomic E-state index is 12.8. The molecule has 0 aromatic heterocycles. The van der Waals surface area contributed by atoms with Gasteiger partial charge in [-0.15, -0.1) is 0 Å². The van der Waals surface area contributed by atoms with Crippen LogP contribution in [0, 0.1) is 0 Å². The molecule has 340 valence electrons. The minimum absolute atomic E-state index is 0.101. The fourth-order valence-corrected chi connectivity index (χ4v) is 6.30. The molecule has 0 aliphatic rings. The molecule has 1 unspecified atom stereocenters. The maximum atomic E-state index is 12.8. The van der Waals surface area contributed by atoms with Crippen molar-refractivity contribution in [1.82, 2.24) is 0 Å². The minimum Gasteiger partial charge on any atom is -0.462 e. The lowest BCUT2D eigenvalue weighted by Gasteiger charge is -2.18. The first-order valence-corrected chi connectivity index (χ1v) is 24.3. The monoisotopic (exact) mass is 833 g/mol. The second kappa shape index (κ2) is 48.0. The van der Waals surface area contributed by atoms with Crippen molar-refractivity contribution in [2.24, 2.45) is 0 Å². The molecule has 60 heavy (non-hydrogen) atoms. The molecule has 0 aliphatic carbocycles. The van der Waals surface area contributed by atoms with E-state index in [0.717, 1.165) is 96.3 Å². The Bertz CT molecular complexity index is 1230. The SMILES string of the molecule is CC/C=C/C=C/C=C/C=C/CCCCCC(=O)OCC(COC(=O)CCCCCCCC/C=C/C=C/CCCCC)OC(=O)CCCCCCCCC/C=C/C/C=C/CC. The summed E-state index contributed by atoms with van der Waals surface area (Å²) in [6, 6.07) is 0. The minimum atomic E-state index is -0.802. The molecule has 0 rings (SSSR count). The third-order valence-corrected chi connectivity index (χ3v) is 9.93. The summed E-state index contributed by atoms with van der Waals surface area (Å²) in [5, 5.41) is 0. The molecule has 1 atom stereocenters. The van der Waals surface area contributed by atoms with Crippen LogP contribution < -0.4 is 0 Å². The van der Waals surface area contributed by atoms with Crippen LogP contribution in [0.3, 0.4) is 0 Å². The Morgan fingerprint density at radius 1 is 0.367 bits per heavy atom. The van der Waals surface area contributed by atoms with Gasteiger partial charge in [-0.3, -0.25) is 14.4 Å². The van der Waals surface area contributed by atoms with Crippen molar-refractivity contribution >= 4 is 17.9 Å². The molecule has 0 heterocycles. The first kappa shape index (κ1) is 56.3. The van der Waals surface area contributed by atoms with Gasteiger partial charge in [0, 0.05) is 19.3 Å². The van der Waals surface area contributed by atoms with Gasteiger partial charge in [-0.1, -0.05) is 195 Å². The van der Waals surface area contributed by atoms with E-state index in [1.807, 2.05) is 36.5 Å². The summed E-state index contributed by atoms with van der Waals surface area (Å²) in [6.07, 6.45) is 62.4. The van der Waals surface area contributed by atoms with Crippen LogP contribution in [0.1, 0.15) is 207 Å². The Morgan fingerprint density at radius 3 is 1.23 bits per heavy atom. The maximum Gasteiger partial charge on any atom is 0.306 e. The van der Waals surface area contributed by atoms with Crippen molar-refractivity contribution in [3.8, 4) is 0 Å². The Balaban J connectivity index is 4.49. The largest absolute Gasteiger partial charge is 0.462 e. The number of carbonyl (C=O) groups excluding carboxylic acids is 3. The molecule has 0 saturated heterocycles. The third-order valence-electron chi connectivity index (χ3n) is 9.93. The van der Waals surface area contributed by atoms with Crippen LogP contribution in [0.25, 0.3) is 0 Å². The number of hydrogen-bond donors (Lipinski definition) is 0. The van der Waals surface area contributed by atoms with Gasteiger partial charge in [0.05, 0.1) is 0 Å². The lowest BCUT2D eigenvalue weighted by molar-refractivity contribution is -0.167. The van der Waals surface area contributed by atoms with Gasteiger partial charge in [0.25, 0.3) is 0 Å². The molecule has 0 saturated carbocycles. The van der Waals surface area contributed by atoms with Crippen molar-refractivity contribution in [2.75, 3.05) is 13.2 Å². The van der Waals surface area contributed by atoms with Crippen molar-refractivity contribution in [1.29, 1.82) is 0 Å². The van der Waals surface area contributed by atoms with Crippen LogP contribution in [0.4, 0.5) is 0 Å². The number of rotatable bonds is 42. The average molecular weight is 833 g/mol. The third kappa shape index (κ3) is 45.4. The predicted molar refractivity (Wildman–Crippen MR) is 256 cm³/mol. The van der Waals surface area contributed by atoms with E-state index in [1.54, 1.807) is 0 Å². The first-order valence-electron chi connectivity index (χ1n) is 24.3. The van der Waals surface area contributed by atoms with E-state index in [0.29, 0.717) is 19.3 Å². The summed E-state index contributed by atoms with van der Waals surface area (Å²) in [5.41, 5.74) is 0. The van der Waals surface area contributed by atoms with Crippen LogP contribution in [-0.4, -0.2) is 37.2 Å². The Kier molecular flexibility index (Phi) is 45.1. The van der Waals surface area contributed by atoms with Gasteiger partial charge >= 0.3 is 17.9 Å². The summed E-state index contributed by atoms with van der Waals surface area (Å²) < 4.78 is 16.7. The van der Waals surface area contributed by atoms with Gasteiger partial charge in [-0.25, -0.2) is 0 Å². The molecular weight excluding hydrogens is 745 g/mol. The molecule has 0 aromatic rings. The quantitative estimate of drug-likeness (QED) is 0.0200. The van der Waals surface area contributed by atoms with Gasteiger partial charge in [0.2, 0.25) is 0 Å².